The fraction of sp³-hybridized carbons (Fsp3) is 0.400. The summed E-state index contributed by atoms with van der Waals surface area (Å²) in [5, 5.41) is 4.76. The summed E-state index contributed by atoms with van der Waals surface area (Å²) < 4.78 is 32.1. The van der Waals surface area contributed by atoms with Gasteiger partial charge in [-0.2, -0.15) is 0 Å². The summed E-state index contributed by atoms with van der Waals surface area (Å²) in [5.74, 6) is -1.76. The van der Waals surface area contributed by atoms with Gasteiger partial charge in [0.2, 0.25) is 5.91 Å². The van der Waals surface area contributed by atoms with Gasteiger partial charge in [0.25, 0.3) is 5.91 Å². The molecule has 9 nitrogen and oxygen atoms in total. The average molecular weight is 433 g/mol. The Morgan fingerprint density at radius 1 is 1.16 bits per heavy atom. The third kappa shape index (κ3) is 4.07. The number of imide groups is 1. The molecule has 1 unspecified atom stereocenters. The second kappa shape index (κ2) is 7.97. The van der Waals surface area contributed by atoms with Crippen LogP contribution in [0.5, 0.6) is 0 Å². The van der Waals surface area contributed by atoms with Gasteiger partial charge in [0.1, 0.15) is 23.6 Å². The summed E-state index contributed by atoms with van der Waals surface area (Å²) in [6, 6.07) is 2.67. The molecule has 31 heavy (non-hydrogen) atoms. The van der Waals surface area contributed by atoms with E-state index in [9.17, 15) is 23.2 Å². The molecule has 1 aromatic carbocycles. The Morgan fingerprint density at radius 3 is 2.39 bits per heavy atom. The lowest BCUT2D eigenvalue weighted by Gasteiger charge is -2.36. The number of aromatic nitrogens is 1. The van der Waals surface area contributed by atoms with E-state index in [0.717, 1.165) is 6.07 Å². The van der Waals surface area contributed by atoms with Crippen molar-refractivity contribution in [1.82, 2.24) is 20.5 Å². The number of hydrogen-bond acceptors (Lipinski definition) is 6. The van der Waals surface area contributed by atoms with Crippen molar-refractivity contribution in [1.29, 1.82) is 0 Å². The lowest BCUT2D eigenvalue weighted by molar-refractivity contribution is -0.132. The summed E-state index contributed by atoms with van der Waals surface area (Å²) in [6.45, 7) is 3.18. The van der Waals surface area contributed by atoms with Crippen LogP contribution in [0.4, 0.5) is 19.3 Å². The number of carbonyl (C=O) groups is 3. The number of piperazine rings is 1. The van der Waals surface area contributed by atoms with Crippen LogP contribution in [0.2, 0.25) is 0 Å². The Labute approximate surface area is 176 Å². The molecule has 0 bridgehead atoms. The zero-order valence-electron chi connectivity index (χ0n) is 16.8. The lowest BCUT2D eigenvalue weighted by Crippen LogP contribution is -2.50. The number of rotatable bonds is 5. The normalized spacial score (nSPS) is 21.3. The minimum atomic E-state index is -1.47. The second-order valence-electron chi connectivity index (χ2n) is 7.56. The number of hydrogen-bond donors (Lipinski definition) is 2. The van der Waals surface area contributed by atoms with Crippen molar-refractivity contribution in [3.8, 4) is 0 Å². The first kappa shape index (κ1) is 20.8. The largest absolute Gasteiger partial charge is 0.449 e. The summed E-state index contributed by atoms with van der Waals surface area (Å²) in [6.07, 6.45) is 1.31. The third-order valence-corrected chi connectivity index (χ3v) is 5.56. The second-order valence-corrected chi connectivity index (χ2v) is 7.56. The van der Waals surface area contributed by atoms with Crippen LogP contribution in [-0.2, 0) is 15.1 Å². The molecule has 1 atom stereocenters. The minimum absolute atomic E-state index is 0.00575. The molecular weight excluding hydrogens is 412 g/mol. The maximum Gasteiger partial charge on any atom is 0.322 e. The Morgan fingerprint density at radius 2 is 1.84 bits per heavy atom. The number of halogens is 2. The van der Waals surface area contributed by atoms with E-state index in [-0.39, 0.29) is 24.4 Å². The van der Waals surface area contributed by atoms with E-state index in [1.807, 2.05) is 0 Å². The maximum atomic E-state index is 13.5. The van der Waals surface area contributed by atoms with Gasteiger partial charge in [0.05, 0.1) is 0 Å². The average Bonchev–Trinajstić information content (AvgIpc) is 3.28. The SMILES string of the molecule is Cc1nc(C2(CCC(=O)N3CCN(c4cc(F)cc(F)c4)CC3)NC(=O)NC2=O)co1. The van der Waals surface area contributed by atoms with Gasteiger partial charge in [0, 0.05) is 51.3 Å². The van der Waals surface area contributed by atoms with E-state index >= 15 is 0 Å². The molecule has 0 spiro atoms. The number of oxazole rings is 1. The van der Waals surface area contributed by atoms with Crippen LogP contribution in [-0.4, -0.2) is 53.9 Å². The zero-order valence-corrected chi connectivity index (χ0v) is 16.8. The Bertz CT molecular complexity index is 1010. The molecule has 2 aliphatic rings. The molecule has 2 saturated heterocycles. The predicted molar refractivity (Wildman–Crippen MR) is 104 cm³/mol. The third-order valence-electron chi connectivity index (χ3n) is 5.56. The molecule has 0 aliphatic carbocycles. The van der Waals surface area contributed by atoms with Gasteiger partial charge in [-0.05, 0) is 18.6 Å². The molecule has 2 N–H and O–H groups in total. The number of aryl methyl sites for hydroxylation is 1. The highest BCUT2D eigenvalue weighted by Crippen LogP contribution is 2.30. The number of benzene rings is 1. The van der Waals surface area contributed by atoms with E-state index in [0.29, 0.717) is 37.8 Å². The van der Waals surface area contributed by atoms with E-state index in [4.69, 9.17) is 4.42 Å². The van der Waals surface area contributed by atoms with Gasteiger partial charge >= 0.3 is 6.03 Å². The molecule has 4 amide bonds. The monoisotopic (exact) mass is 433 g/mol. The van der Waals surface area contributed by atoms with E-state index in [2.05, 4.69) is 15.6 Å². The smallest absolute Gasteiger partial charge is 0.322 e. The maximum absolute atomic E-state index is 13.5. The fourth-order valence-corrected chi connectivity index (χ4v) is 3.92. The van der Waals surface area contributed by atoms with Gasteiger partial charge in [-0.1, -0.05) is 0 Å². The van der Waals surface area contributed by atoms with Gasteiger partial charge in [-0.15, -0.1) is 0 Å². The van der Waals surface area contributed by atoms with Crippen molar-refractivity contribution in [2.24, 2.45) is 0 Å². The van der Waals surface area contributed by atoms with Crippen molar-refractivity contribution in [3.05, 3.63) is 47.7 Å². The summed E-state index contributed by atoms with van der Waals surface area (Å²) in [7, 11) is 0. The highest BCUT2D eigenvalue weighted by molar-refractivity contribution is 6.07. The van der Waals surface area contributed by atoms with Crippen molar-refractivity contribution in [2.75, 3.05) is 31.1 Å². The van der Waals surface area contributed by atoms with Gasteiger partial charge < -0.3 is 19.5 Å². The van der Waals surface area contributed by atoms with Gasteiger partial charge in [-0.25, -0.2) is 18.6 Å². The standard InChI is InChI=1S/C20H21F2N5O4/c1-12-23-16(11-31-12)20(18(29)24-19(30)25-20)3-2-17(28)27-6-4-26(5-7-27)15-9-13(21)8-14(22)10-15/h8-11H,2-7H2,1H3,(H2,24,25,29,30). The van der Waals surface area contributed by atoms with Crippen molar-refractivity contribution >= 4 is 23.5 Å². The molecule has 2 aliphatic heterocycles. The molecule has 11 heteroatoms. The quantitative estimate of drug-likeness (QED) is 0.691. The van der Waals surface area contributed by atoms with Crippen molar-refractivity contribution in [3.63, 3.8) is 0 Å². The lowest BCUT2D eigenvalue weighted by atomic mass is 9.90. The molecular formula is C20H21F2N5O4. The highest BCUT2D eigenvalue weighted by atomic mass is 19.1. The Balaban J connectivity index is 1.39. The Kier molecular flexibility index (Phi) is 5.34. The van der Waals surface area contributed by atoms with Crippen LogP contribution in [0.15, 0.2) is 28.9 Å². The van der Waals surface area contributed by atoms with Gasteiger partial charge in [0.15, 0.2) is 11.4 Å². The number of carbonyl (C=O) groups excluding carboxylic acids is 3. The molecule has 164 valence electrons. The first-order chi connectivity index (χ1) is 14.8. The number of urea groups is 1. The topological polar surface area (TPSA) is 108 Å². The Hall–Kier alpha value is -3.50. The van der Waals surface area contributed by atoms with Crippen LogP contribution in [0.1, 0.15) is 24.4 Å². The van der Waals surface area contributed by atoms with Crippen molar-refractivity contribution < 1.29 is 27.6 Å². The molecule has 2 fully saturated rings. The molecule has 0 radical (unpaired) electrons. The summed E-state index contributed by atoms with van der Waals surface area (Å²) >= 11 is 0. The fourth-order valence-electron chi connectivity index (χ4n) is 3.92. The molecule has 0 saturated carbocycles. The first-order valence-corrected chi connectivity index (χ1v) is 9.82. The van der Waals surface area contributed by atoms with Crippen LogP contribution in [0, 0.1) is 18.6 Å². The number of anilines is 1. The number of amides is 4. The van der Waals surface area contributed by atoms with E-state index in [1.165, 1.54) is 18.4 Å². The zero-order chi connectivity index (χ0) is 22.2. The molecule has 2 aromatic rings. The highest BCUT2D eigenvalue weighted by Gasteiger charge is 2.50. The first-order valence-electron chi connectivity index (χ1n) is 9.82. The molecule has 4 rings (SSSR count). The molecule has 1 aromatic heterocycles. The van der Waals surface area contributed by atoms with E-state index in [1.54, 1.807) is 16.7 Å². The predicted octanol–water partition coefficient (Wildman–Crippen LogP) is 1.42. The van der Waals surface area contributed by atoms with Crippen molar-refractivity contribution in [2.45, 2.75) is 25.3 Å². The van der Waals surface area contributed by atoms with Crippen LogP contribution >= 0.6 is 0 Å². The van der Waals surface area contributed by atoms with E-state index < -0.39 is 29.1 Å². The molecule has 3 heterocycles. The minimum Gasteiger partial charge on any atom is -0.449 e. The van der Waals surface area contributed by atoms with Crippen LogP contribution in [0.3, 0.4) is 0 Å². The number of nitrogens with one attached hydrogen (secondary N) is 2. The van der Waals surface area contributed by atoms with Crippen LogP contribution < -0.4 is 15.5 Å². The number of nitrogens with zero attached hydrogens (tertiary/aromatic N) is 3. The van der Waals surface area contributed by atoms with Crippen LogP contribution in [0.25, 0.3) is 0 Å². The summed E-state index contributed by atoms with van der Waals surface area (Å²) in [4.78, 5) is 44.6. The summed E-state index contributed by atoms with van der Waals surface area (Å²) in [5.41, 5.74) is -0.805. The van der Waals surface area contributed by atoms with Gasteiger partial charge in [-0.3, -0.25) is 14.9 Å².